The number of nitrogens with one attached hydrogen (secondary N) is 1. The van der Waals surface area contributed by atoms with Crippen molar-refractivity contribution in [3.05, 3.63) is 53.6 Å². The van der Waals surface area contributed by atoms with Gasteiger partial charge in [-0.25, -0.2) is 15.0 Å². The van der Waals surface area contributed by atoms with Crippen LogP contribution in [0.25, 0.3) is 11.4 Å². The van der Waals surface area contributed by atoms with E-state index in [2.05, 4.69) is 36.7 Å². The first-order valence-corrected chi connectivity index (χ1v) is 12.6. The fourth-order valence-corrected chi connectivity index (χ4v) is 5.52. The van der Waals surface area contributed by atoms with Crippen LogP contribution in [0.1, 0.15) is 36.5 Å². The smallest absolute Gasteiger partial charge is 0.255 e. The molecule has 0 bridgehead atoms. The molecule has 0 aliphatic carbocycles. The molecule has 3 N–H and O–H groups in total. The first-order valence-electron chi connectivity index (χ1n) is 12.2. The quantitative estimate of drug-likeness (QED) is 0.560. The molecule has 5 heterocycles. The Kier molecular flexibility index (Phi) is 6.88. The Morgan fingerprint density at radius 3 is 2.63 bits per heavy atom. The second-order valence-electron chi connectivity index (χ2n) is 9.21. The summed E-state index contributed by atoms with van der Waals surface area (Å²) < 4.78 is 0. The van der Waals surface area contributed by atoms with Gasteiger partial charge in [-0.1, -0.05) is 18.5 Å². The van der Waals surface area contributed by atoms with Crippen LogP contribution in [0, 0.1) is 0 Å². The molecule has 10 heteroatoms. The minimum atomic E-state index is 0.0338. The molecule has 35 heavy (non-hydrogen) atoms. The van der Waals surface area contributed by atoms with Crippen LogP contribution in [-0.4, -0.2) is 80.5 Å². The zero-order chi connectivity index (χ0) is 24.4. The maximum absolute atomic E-state index is 12.8. The van der Waals surface area contributed by atoms with E-state index in [9.17, 15) is 4.79 Å². The lowest BCUT2D eigenvalue weighted by atomic mass is 9.97. The number of nitrogen functional groups attached to an aromatic ring is 1. The Morgan fingerprint density at radius 1 is 1.14 bits per heavy atom. The number of likely N-dealkylation sites (tertiary alicyclic amines) is 1. The van der Waals surface area contributed by atoms with Crippen LogP contribution >= 0.6 is 11.6 Å². The number of aromatic amines is 1. The molecule has 0 saturated carbocycles. The van der Waals surface area contributed by atoms with Crippen molar-refractivity contribution >= 4 is 29.1 Å². The van der Waals surface area contributed by atoms with E-state index in [0.29, 0.717) is 28.5 Å². The molecule has 3 aromatic rings. The average molecular weight is 495 g/mol. The molecule has 0 unspecified atom stereocenters. The van der Waals surface area contributed by atoms with E-state index >= 15 is 0 Å². The topological polar surface area (TPSA) is 107 Å². The van der Waals surface area contributed by atoms with Gasteiger partial charge in [0.2, 0.25) is 0 Å². The van der Waals surface area contributed by atoms with Crippen molar-refractivity contribution < 1.29 is 4.79 Å². The number of piperazine rings is 1. The highest BCUT2D eigenvalue weighted by Gasteiger charge is 2.35. The van der Waals surface area contributed by atoms with Gasteiger partial charge in [-0.2, -0.15) is 0 Å². The molecule has 184 valence electrons. The van der Waals surface area contributed by atoms with E-state index in [1.54, 1.807) is 30.7 Å². The number of rotatable bonds is 5. The van der Waals surface area contributed by atoms with E-state index in [1.165, 1.54) is 0 Å². The number of pyridine rings is 2. The number of hydrogen-bond donors (Lipinski definition) is 2. The van der Waals surface area contributed by atoms with Gasteiger partial charge in [0.25, 0.3) is 5.91 Å². The number of aromatic nitrogens is 4. The lowest BCUT2D eigenvalue weighted by Crippen LogP contribution is -2.58. The van der Waals surface area contributed by atoms with Gasteiger partial charge in [0.05, 0.1) is 10.6 Å². The minimum Gasteiger partial charge on any atom is -0.384 e. The van der Waals surface area contributed by atoms with Crippen LogP contribution in [0.4, 0.5) is 11.6 Å². The number of hydrogen-bond acceptors (Lipinski definition) is 7. The first kappa shape index (κ1) is 23.6. The number of amides is 1. The normalized spacial score (nSPS) is 19.8. The molecule has 3 aromatic heterocycles. The molecule has 0 spiro atoms. The molecule has 0 aromatic carbocycles. The fourth-order valence-electron chi connectivity index (χ4n) is 5.24. The molecule has 2 saturated heterocycles. The lowest BCUT2D eigenvalue weighted by Gasteiger charge is -2.47. The third-order valence-electron chi connectivity index (χ3n) is 7.15. The maximum atomic E-state index is 12.8. The van der Waals surface area contributed by atoms with E-state index in [4.69, 9.17) is 17.3 Å². The fraction of sp³-hybridized carbons (Fsp3) is 0.440. The second-order valence-corrected chi connectivity index (χ2v) is 9.62. The SMILES string of the molecule is CC[C@H]1CN(c2ncc(-c3ncc[nH]3)cc2Cl)CCN1C1CCN(C(=O)c2ccc(N)nc2)CC1. The van der Waals surface area contributed by atoms with Crippen molar-refractivity contribution in [2.24, 2.45) is 0 Å². The zero-order valence-corrected chi connectivity index (χ0v) is 20.7. The molecule has 2 aliphatic heterocycles. The molecule has 1 amide bonds. The minimum absolute atomic E-state index is 0.0338. The van der Waals surface area contributed by atoms with Gasteiger partial charge in [0.15, 0.2) is 0 Å². The number of piperidine rings is 1. The predicted molar refractivity (Wildman–Crippen MR) is 137 cm³/mol. The Balaban J connectivity index is 1.20. The van der Waals surface area contributed by atoms with Crippen LogP contribution in [-0.2, 0) is 0 Å². The molecule has 1 atom stereocenters. The van der Waals surface area contributed by atoms with Gasteiger partial charge in [-0.3, -0.25) is 9.69 Å². The lowest BCUT2D eigenvalue weighted by molar-refractivity contribution is 0.0490. The summed E-state index contributed by atoms with van der Waals surface area (Å²) in [6.45, 7) is 6.47. The summed E-state index contributed by atoms with van der Waals surface area (Å²) in [5, 5.41) is 0.645. The van der Waals surface area contributed by atoms with Crippen molar-refractivity contribution in [1.82, 2.24) is 29.7 Å². The summed E-state index contributed by atoms with van der Waals surface area (Å²) in [6, 6.07) is 6.25. The second kappa shape index (κ2) is 10.2. The van der Waals surface area contributed by atoms with Crippen molar-refractivity contribution in [2.45, 2.75) is 38.3 Å². The molecule has 9 nitrogen and oxygen atoms in total. The molecule has 2 aliphatic rings. The predicted octanol–water partition coefficient (Wildman–Crippen LogP) is 3.31. The zero-order valence-electron chi connectivity index (χ0n) is 19.9. The number of nitrogens with two attached hydrogens (primary N) is 1. The van der Waals surface area contributed by atoms with Gasteiger partial charge in [0, 0.05) is 75.2 Å². The maximum Gasteiger partial charge on any atom is 0.255 e. The van der Waals surface area contributed by atoms with Crippen LogP contribution in [0.2, 0.25) is 5.02 Å². The van der Waals surface area contributed by atoms with Crippen molar-refractivity contribution in [2.75, 3.05) is 43.4 Å². The molecule has 2 fully saturated rings. The Morgan fingerprint density at radius 2 is 1.97 bits per heavy atom. The van der Waals surface area contributed by atoms with Crippen LogP contribution in [0.3, 0.4) is 0 Å². The number of imidazole rings is 1. The summed E-state index contributed by atoms with van der Waals surface area (Å²) in [6.07, 6.45) is 9.90. The van der Waals surface area contributed by atoms with Gasteiger partial charge in [0.1, 0.15) is 17.5 Å². The number of anilines is 2. The van der Waals surface area contributed by atoms with Gasteiger partial charge < -0.3 is 20.5 Å². The van der Waals surface area contributed by atoms with Crippen molar-refractivity contribution in [3.63, 3.8) is 0 Å². The highest BCUT2D eigenvalue weighted by Crippen LogP contribution is 2.31. The Hall–Kier alpha value is -3.17. The molecular weight excluding hydrogens is 464 g/mol. The van der Waals surface area contributed by atoms with Crippen LogP contribution in [0.15, 0.2) is 43.0 Å². The summed E-state index contributed by atoms with van der Waals surface area (Å²) >= 11 is 6.65. The summed E-state index contributed by atoms with van der Waals surface area (Å²) in [5.41, 5.74) is 7.13. The standard InChI is InChI=1S/C25H31ClN8O/c1-2-19-16-33(24-21(26)13-18(15-31-24)23-28-7-8-29-23)11-12-34(19)20-5-9-32(10-6-20)25(35)17-3-4-22(27)30-14-17/h3-4,7-8,13-15,19-20H,2,5-6,9-12,16H2,1H3,(H2,27,30)(H,28,29)/t19-/m0/s1. The number of halogens is 1. The summed E-state index contributed by atoms with van der Waals surface area (Å²) in [5.74, 6) is 2.05. The number of carbonyl (C=O) groups is 1. The van der Waals surface area contributed by atoms with Gasteiger partial charge >= 0.3 is 0 Å². The highest BCUT2D eigenvalue weighted by molar-refractivity contribution is 6.33. The number of nitrogens with zero attached hydrogens (tertiary/aromatic N) is 6. The van der Waals surface area contributed by atoms with E-state index in [1.807, 2.05) is 17.2 Å². The van der Waals surface area contributed by atoms with Gasteiger partial charge in [-0.05, 0) is 37.5 Å². The first-order chi connectivity index (χ1) is 17.0. The molecule has 5 rings (SSSR count). The van der Waals surface area contributed by atoms with Crippen LogP contribution in [0.5, 0.6) is 0 Å². The van der Waals surface area contributed by atoms with E-state index < -0.39 is 0 Å². The Bertz CT molecular complexity index is 1140. The highest BCUT2D eigenvalue weighted by atomic mass is 35.5. The largest absolute Gasteiger partial charge is 0.384 e. The van der Waals surface area contributed by atoms with Gasteiger partial charge in [-0.15, -0.1) is 0 Å². The summed E-state index contributed by atoms with van der Waals surface area (Å²) in [4.78, 5) is 35.8. The molecule has 0 radical (unpaired) electrons. The Labute approximate surface area is 210 Å². The van der Waals surface area contributed by atoms with Crippen LogP contribution < -0.4 is 10.6 Å². The van der Waals surface area contributed by atoms with Crippen molar-refractivity contribution in [1.29, 1.82) is 0 Å². The average Bonchev–Trinajstić information content (AvgIpc) is 3.44. The van der Waals surface area contributed by atoms with Crippen molar-refractivity contribution in [3.8, 4) is 11.4 Å². The monoisotopic (exact) mass is 494 g/mol. The third-order valence-corrected chi connectivity index (χ3v) is 7.42. The number of carbonyl (C=O) groups excluding carboxylic acids is 1. The van der Waals surface area contributed by atoms with E-state index in [-0.39, 0.29) is 5.91 Å². The third kappa shape index (κ3) is 4.97. The molecular formula is C25H31ClN8O. The summed E-state index contributed by atoms with van der Waals surface area (Å²) in [7, 11) is 0. The van der Waals surface area contributed by atoms with E-state index in [0.717, 1.165) is 69.2 Å². The number of H-pyrrole nitrogens is 1.